The molecule has 238 valence electrons. The summed E-state index contributed by atoms with van der Waals surface area (Å²) in [4.78, 5) is 54.6. The van der Waals surface area contributed by atoms with E-state index in [1.54, 1.807) is 44.4 Å². The van der Waals surface area contributed by atoms with Crippen molar-refractivity contribution in [3.63, 3.8) is 0 Å². The fraction of sp³-hybridized carbons (Fsp3) is 0.688. The summed E-state index contributed by atoms with van der Waals surface area (Å²) in [6.07, 6.45) is 6.53. The first-order valence-electron chi connectivity index (χ1n) is 15.1. The molecule has 2 atom stereocenters. The molecule has 0 aromatic heterocycles. The summed E-state index contributed by atoms with van der Waals surface area (Å²) in [5.74, 6) is -0.479. The molecule has 0 radical (unpaired) electrons. The second-order valence-corrected chi connectivity index (χ2v) is 12.4. The summed E-state index contributed by atoms with van der Waals surface area (Å²) in [6, 6.07) is 3.90. The van der Waals surface area contributed by atoms with E-state index in [0.29, 0.717) is 30.7 Å². The Bertz CT molecular complexity index is 1010. The summed E-state index contributed by atoms with van der Waals surface area (Å²) >= 11 is 1.57. The third kappa shape index (κ3) is 13.5. The van der Waals surface area contributed by atoms with Crippen LogP contribution in [0.1, 0.15) is 102 Å². The van der Waals surface area contributed by atoms with Gasteiger partial charge in [-0.25, -0.2) is 4.79 Å². The van der Waals surface area contributed by atoms with Gasteiger partial charge in [0.25, 0.3) is 0 Å². The number of carbonyl (C=O) groups excluding carboxylic acids is 4. The molecule has 0 fully saturated rings. The Balaban J connectivity index is 3.50. The highest BCUT2D eigenvalue weighted by atomic mass is 32.2. The summed E-state index contributed by atoms with van der Waals surface area (Å²) in [5, 5.41) is 5.65. The number of benzene rings is 1. The van der Waals surface area contributed by atoms with Crippen LogP contribution >= 0.6 is 11.8 Å². The van der Waals surface area contributed by atoms with Gasteiger partial charge in [0.1, 0.15) is 17.7 Å². The number of amides is 3. The quantitative estimate of drug-likeness (QED) is 0.159. The number of hydrogen-bond donors (Lipinski definition) is 2. The minimum Gasteiger partial charge on any atom is -0.466 e. The molecule has 0 aliphatic heterocycles. The lowest BCUT2D eigenvalue weighted by molar-refractivity contribution is -0.144. The van der Waals surface area contributed by atoms with Gasteiger partial charge in [0.15, 0.2) is 0 Å². The molecular formula is C32H53N3O6S. The van der Waals surface area contributed by atoms with Crippen LogP contribution in [0.5, 0.6) is 0 Å². The highest BCUT2D eigenvalue weighted by molar-refractivity contribution is 7.98. The zero-order chi connectivity index (χ0) is 31.7. The first kappa shape index (κ1) is 37.3. The van der Waals surface area contributed by atoms with Crippen molar-refractivity contribution in [3.05, 3.63) is 34.9 Å². The molecule has 0 heterocycles. The molecule has 3 amide bonds. The lowest BCUT2D eigenvalue weighted by Crippen LogP contribution is -2.53. The molecule has 10 heteroatoms. The van der Waals surface area contributed by atoms with Crippen LogP contribution in [0.2, 0.25) is 0 Å². The second-order valence-electron chi connectivity index (χ2n) is 11.5. The van der Waals surface area contributed by atoms with Crippen molar-refractivity contribution in [3.8, 4) is 0 Å². The van der Waals surface area contributed by atoms with Crippen molar-refractivity contribution in [2.45, 2.75) is 111 Å². The Kier molecular flexibility index (Phi) is 17.3. The smallest absolute Gasteiger partial charge is 0.408 e. The molecule has 0 saturated carbocycles. The number of alkyl carbamates (subject to hydrolysis) is 1. The van der Waals surface area contributed by atoms with Crippen molar-refractivity contribution < 1.29 is 28.7 Å². The van der Waals surface area contributed by atoms with E-state index in [1.165, 1.54) is 0 Å². The molecule has 42 heavy (non-hydrogen) atoms. The topological polar surface area (TPSA) is 114 Å². The summed E-state index contributed by atoms with van der Waals surface area (Å²) in [5.41, 5.74) is 1.90. The Morgan fingerprint density at radius 1 is 1.02 bits per heavy atom. The zero-order valence-electron chi connectivity index (χ0n) is 27.0. The molecule has 0 aliphatic carbocycles. The number of rotatable bonds is 18. The Morgan fingerprint density at radius 2 is 1.71 bits per heavy atom. The second kappa shape index (κ2) is 19.4. The maximum absolute atomic E-state index is 14.3. The van der Waals surface area contributed by atoms with Crippen LogP contribution in [0.15, 0.2) is 18.2 Å². The molecule has 1 aromatic rings. The van der Waals surface area contributed by atoms with E-state index in [0.717, 1.165) is 36.8 Å². The number of ether oxygens (including phenoxy) is 2. The van der Waals surface area contributed by atoms with Crippen LogP contribution in [0, 0.1) is 13.8 Å². The van der Waals surface area contributed by atoms with Gasteiger partial charge in [-0.3, -0.25) is 14.4 Å². The number of carbonyl (C=O) groups is 4. The average Bonchev–Trinajstić information content (AvgIpc) is 2.91. The normalized spacial score (nSPS) is 12.7. The van der Waals surface area contributed by atoms with Gasteiger partial charge >= 0.3 is 12.1 Å². The van der Waals surface area contributed by atoms with E-state index in [1.807, 2.05) is 38.3 Å². The van der Waals surface area contributed by atoms with Crippen LogP contribution in [-0.4, -0.2) is 72.1 Å². The molecule has 1 aromatic carbocycles. The van der Waals surface area contributed by atoms with Gasteiger partial charge in [0, 0.05) is 13.1 Å². The van der Waals surface area contributed by atoms with Gasteiger partial charge in [0.05, 0.1) is 13.0 Å². The SMILES string of the molecule is CCCCCCCN(C(=O)C(CCSC)NC(=O)OC(C)(C)C)C(C(=O)NCCC(=O)OCC)c1cccc(C)c1C. The summed E-state index contributed by atoms with van der Waals surface area (Å²) < 4.78 is 10.5. The third-order valence-electron chi connectivity index (χ3n) is 6.82. The Labute approximate surface area is 257 Å². The van der Waals surface area contributed by atoms with Crippen molar-refractivity contribution in [1.29, 1.82) is 0 Å². The van der Waals surface area contributed by atoms with Crippen LogP contribution in [0.4, 0.5) is 4.79 Å². The number of unbranched alkanes of at least 4 members (excludes halogenated alkanes) is 4. The van der Waals surface area contributed by atoms with Crippen molar-refractivity contribution in [1.82, 2.24) is 15.5 Å². The zero-order valence-corrected chi connectivity index (χ0v) is 27.8. The van der Waals surface area contributed by atoms with E-state index < -0.39 is 29.7 Å². The van der Waals surface area contributed by atoms with E-state index in [9.17, 15) is 19.2 Å². The van der Waals surface area contributed by atoms with Gasteiger partial charge in [-0.2, -0.15) is 11.8 Å². The largest absolute Gasteiger partial charge is 0.466 e. The maximum Gasteiger partial charge on any atom is 0.408 e. The number of thioether (sulfide) groups is 1. The Hall–Kier alpha value is -2.75. The highest BCUT2D eigenvalue weighted by Crippen LogP contribution is 2.28. The molecule has 0 spiro atoms. The molecule has 2 unspecified atom stereocenters. The molecule has 0 bridgehead atoms. The number of nitrogens with one attached hydrogen (secondary N) is 2. The predicted molar refractivity (Wildman–Crippen MR) is 170 cm³/mol. The van der Waals surface area contributed by atoms with E-state index in [2.05, 4.69) is 17.6 Å². The van der Waals surface area contributed by atoms with Crippen LogP contribution < -0.4 is 10.6 Å². The minimum atomic E-state index is -0.942. The minimum absolute atomic E-state index is 0.0284. The molecule has 9 nitrogen and oxygen atoms in total. The van der Waals surface area contributed by atoms with Crippen molar-refractivity contribution >= 4 is 35.6 Å². The van der Waals surface area contributed by atoms with Crippen LogP contribution in [0.25, 0.3) is 0 Å². The third-order valence-corrected chi connectivity index (χ3v) is 7.46. The van der Waals surface area contributed by atoms with Gasteiger partial charge in [-0.15, -0.1) is 0 Å². The summed E-state index contributed by atoms with van der Waals surface area (Å²) in [6.45, 7) is 13.8. The summed E-state index contributed by atoms with van der Waals surface area (Å²) in [7, 11) is 0. The first-order chi connectivity index (χ1) is 19.9. The number of hydrogen-bond acceptors (Lipinski definition) is 7. The van der Waals surface area contributed by atoms with E-state index in [4.69, 9.17) is 9.47 Å². The number of nitrogens with zero attached hydrogens (tertiary/aromatic N) is 1. The van der Waals surface area contributed by atoms with Gasteiger partial charge in [-0.05, 0) is 83.1 Å². The van der Waals surface area contributed by atoms with Crippen LogP contribution in [-0.2, 0) is 23.9 Å². The lowest BCUT2D eigenvalue weighted by atomic mass is 9.94. The predicted octanol–water partition coefficient (Wildman–Crippen LogP) is 5.86. The van der Waals surface area contributed by atoms with Crippen molar-refractivity contribution in [2.24, 2.45) is 0 Å². The number of esters is 1. The highest BCUT2D eigenvalue weighted by Gasteiger charge is 2.36. The molecule has 2 N–H and O–H groups in total. The van der Waals surface area contributed by atoms with Gasteiger partial charge in [-0.1, -0.05) is 50.8 Å². The monoisotopic (exact) mass is 607 g/mol. The molecule has 0 aliphatic rings. The molecule has 1 rings (SSSR count). The first-order valence-corrected chi connectivity index (χ1v) is 16.5. The average molecular weight is 608 g/mol. The van der Waals surface area contributed by atoms with Gasteiger partial charge < -0.3 is 25.0 Å². The Morgan fingerprint density at radius 3 is 2.33 bits per heavy atom. The molecular weight excluding hydrogens is 554 g/mol. The fourth-order valence-electron chi connectivity index (χ4n) is 4.53. The lowest BCUT2D eigenvalue weighted by Gasteiger charge is -2.35. The van der Waals surface area contributed by atoms with Crippen molar-refractivity contribution in [2.75, 3.05) is 31.7 Å². The fourth-order valence-corrected chi connectivity index (χ4v) is 5.00. The van der Waals surface area contributed by atoms with Gasteiger partial charge in [0.2, 0.25) is 11.8 Å². The van der Waals surface area contributed by atoms with Crippen LogP contribution in [0.3, 0.4) is 0 Å². The molecule has 0 saturated heterocycles. The van der Waals surface area contributed by atoms with E-state index >= 15 is 0 Å². The maximum atomic E-state index is 14.3. The number of aryl methyl sites for hydroxylation is 1. The standard InChI is InChI=1S/C32H53N3O6S/c1-9-11-12-13-14-21-35(30(38)26(19-22-42-8)34-31(39)41-32(5,6)7)28(25-17-15-16-23(3)24(25)4)29(37)33-20-18-27(36)40-10-2/h15-17,26,28H,9-14,18-22H2,1-8H3,(H,33,37)(H,34,39). The van der Waals surface area contributed by atoms with E-state index in [-0.39, 0.29) is 31.4 Å².